The number of rotatable bonds is 25. The number of unbranched alkanes of at least 4 members (excludes halogenated alkanes) is 9. The van der Waals surface area contributed by atoms with Gasteiger partial charge in [0.2, 0.25) is 0 Å². The lowest BCUT2D eigenvalue weighted by Gasteiger charge is -2.32. The third kappa shape index (κ3) is 14.2. The molecule has 9 heteroatoms. The van der Waals surface area contributed by atoms with Crippen molar-refractivity contribution in [2.45, 2.75) is 148 Å². The van der Waals surface area contributed by atoms with Gasteiger partial charge in [-0.1, -0.05) is 111 Å². The average Bonchev–Trinajstić information content (AvgIpc) is 2.93. The Morgan fingerprint density at radius 1 is 0.833 bits per heavy atom. The van der Waals surface area contributed by atoms with Gasteiger partial charge < -0.3 is 24.0 Å². The predicted octanol–water partition coefficient (Wildman–Crippen LogP) is 9.94. The molecule has 0 radical (unpaired) electrons. The Bertz CT molecular complexity index is 903. The summed E-state index contributed by atoms with van der Waals surface area (Å²) in [6, 6.07) is 8.12. The number of hydrogen-bond acceptors (Lipinski definition) is 6. The normalized spacial score (nSPS) is 15.6. The third-order valence-electron chi connectivity index (χ3n) is 7.30. The van der Waals surface area contributed by atoms with E-state index in [1.54, 1.807) is 0 Å². The number of carboxylic acid groups (broad SMARTS) is 1. The van der Waals surface area contributed by atoms with Gasteiger partial charge in [-0.05, 0) is 55.2 Å². The highest BCUT2D eigenvalue weighted by atomic mass is 32.2. The van der Waals surface area contributed by atoms with Gasteiger partial charge in [0.25, 0.3) is 0 Å². The van der Waals surface area contributed by atoms with Crippen molar-refractivity contribution in [2.24, 2.45) is 0 Å². The molecule has 3 atom stereocenters. The molecule has 0 amide bonds. The molecule has 0 fully saturated rings. The van der Waals surface area contributed by atoms with E-state index in [0.29, 0.717) is 19.3 Å². The standard InChI is InChI=1S/C33H59O7PS/c1-7-10-12-13-14-15-16-18-26-38-33(31(34)35,41(36,37)39-25-9-3)42-27-24-29(19-17-11-8-2)40-30-22-20-28(21-23-30)32(4,5)6/h20-23,29H,7-19,24-27H2,1-6H3,(H,34,35)(H,36,37). The minimum absolute atomic E-state index is 0.0161. The number of carbonyl (C=O) groups is 1. The van der Waals surface area contributed by atoms with Crippen molar-refractivity contribution < 1.29 is 33.4 Å². The minimum atomic E-state index is -4.65. The van der Waals surface area contributed by atoms with Crippen molar-refractivity contribution >= 4 is 25.3 Å². The number of thioether (sulfide) groups is 1. The largest absolute Gasteiger partial charge is 0.490 e. The SMILES string of the molecule is CCCCCCCCCCOC(SCCC(CCCCC)Oc1ccc(C(C)(C)C)cc1)(C(=O)O)P(=O)(O)OCCC. The monoisotopic (exact) mass is 630 g/mol. The molecule has 0 aliphatic rings. The van der Waals surface area contributed by atoms with Gasteiger partial charge in [-0.3, -0.25) is 4.57 Å². The predicted molar refractivity (Wildman–Crippen MR) is 176 cm³/mol. The number of benzene rings is 1. The Hall–Kier alpha value is -1.05. The molecule has 42 heavy (non-hydrogen) atoms. The molecule has 244 valence electrons. The first-order valence-electron chi connectivity index (χ1n) is 16.2. The van der Waals surface area contributed by atoms with E-state index in [2.05, 4.69) is 46.8 Å². The van der Waals surface area contributed by atoms with Crippen LogP contribution in [0.4, 0.5) is 0 Å². The van der Waals surface area contributed by atoms with Crippen LogP contribution in [0.25, 0.3) is 0 Å². The molecule has 1 aromatic carbocycles. The van der Waals surface area contributed by atoms with Gasteiger partial charge in [0.15, 0.2) is 0 Å². The third-order valence-corrected chi connectivity index (χ3v) is 11.1. The molecule has 3 unspecified atom stereocenters. The number of aliphatic carboxylic acids is 1. The van der Waals surface area contributed by atoms with Crippen LogP contribution in [0, 0.1) is 0 Å². The van der Waals surface area contributed by atoms with Crippen molar-refractivity contribution in [1.29, 1.82) is 0 Å². The maximum absolute atomic E-state index is 13.4. The van der Waals surface area contributed by atoms with Gasteiger partial charge >= 0.3 is 18.2 Å². The van der Waals surface area contributed by atoms with Crippen molar-refractivity contribution in [2.75, 3.05) is 19.0 Å². The number of ether oxygens (including phenoxy) is 2. The van der Waals surface area contributed by atoms with Gasteiger partial charge in [0.05, 0.1) is 12.7 Å². The molecule has 1 rings (SSSR count). The first-order valence-corrected chi connectivity index (χ1v) is 18.8. The Morgan fingerprint density at radius 3 is 1.95 bits per heavy atom. The first-order chi connectivity index (χ1) is 19.9. The topological polar surface area (TPSA) is 102 Å². The van der Waals surface area contributed by atoms with Crippen molar-refractivity contribution in [3.8, 4) is 5.75 Å². The second-order valence-electron chi connectivity index (χ2n) is 12.2. The van der Waals surface area contributed by atoms with E-state index in [-0.39, 0.29) is 30.5 Å². The smallest absolute Gasteiger partial charge is 0.382 e. The molecule has 7 nitrogen and oxygen atoms in total. The van der Waals surface area contributed by atoms with Crippen LogP contribution >= 0.6 is 19.4 Å². The molecule has 2 N–H and O–H groups in total. The quantitative estimate of drug-likeness (QED) is 0.0625. The molecule has 0 bridgehead atoms. The molecule has 0 aliphatic carbocycles. The van der Waals surface area contributed by atoms with E-state index in [0.717, 1.165) is 62.5 Å². The second-order valence-corrected chi connectivity index (χ2v) is 15.7. The van der Waals surface area contributed by atoms with Crippen molar-refractivity contribution in [1.82, 2.24) is 0 Å². The van der Waals surface area contributed by atoms with Gasteiger partial charge in [-0.25, -0.2) is 4.79 Å². The first kappa shape index (κ1) is 39.0. The van der Waals surface area contributed by atoms with E-state index >= 15 is 0 Å². The van der Waals surface area contributed by atoms with Gasteiger partial charge in [-0.2, -0.15) is 0 Å². The highest BCUT2D eigenvalue weighted by Gasteiger charge is 2.58. The summed E-state index contributed by atoms with van der Waals surface area (Å²) < 4.78 is 28.4. The molecule has 0 aliphatic heterocycles. The van der Waals surface area contributed by atoms with E-state index < -0.39 is 18.2 Å². The summed E-state index contributed by atoms with van der Waals surface area (Å²) in [6.07, 6.45) is 13.4. The Labute approximate surface area is 260 Å². The van der Waals surface area contributed by atoms with Crippen LogP contribution in [0.1, 0.15) is 137 Å². The molecular formula is C33H59O7PS. The molecule has 0 heterocycles. The molecule has 1 aromatic rings. The highest BCUT2D eigenvalue weighted by molar-refractivity contribution is 8.07. The van der Waals surface area contributed by atoms with E-state index in [1.165, 1.54) is 31.2 Å². The highest BCUT2D eigenvalue weighted by Crippen LogP contribution is 2.62. The summed E-state index contributed by atoms with van der Waals surface area (Å²) >= 11 is 0.856. The van der Waals surface area contributed by atoms with E-state index in [1.807, 2.05) is 19.1 Å². The van der Waals surface area contributed by atoms with Crippen LogP contribution < -0.4 is 4.74 Å². The lowest BCUT2D eigenvalue weighted by molar-refractivity contribution is -0.148. The Balaban J connectivity index is 2.93. The van der Waals surface area contributed by atoms with Crippen molar-refractivity contribution in [3.05, 3.63) is 29.8 Å². The maximum Gasteiger partial charge on any atom is 0.382 e. The van der Waals surface area contributed by atoms with Gasteiger partial charge in [-0.15, -0.1) is 11.8 Å². The molecule has 0 saturated carbocycles. The summed E-state index contributed by atoms with van der Waals surface area (Å²) in [5.41, 5.74) is 1.27. The van der Waals surface area contributed by atoms with Gasteiger partial charge in [0, 0.05) is 12.4 Å². The van der Waals surface area contributed by atoms with Crippen LogP contribution in [-0.2, 0) is 24.0 Å². The second kappa shape index (κ2) is 20.8. The van der Waals surface area contributed by atoms with Crippen LogP contribution in [0.2, 0.25) is 0 Å². The van der Waals surface area contributed by atoms with Crippen LogP contribution in [0.3, 0.4) is 0 Å². The van der Waals surface area contributed by atoms with E-state index in [9.17, 15) is 19.4 Å². The zero-order chi connectivity index (χ0) is 31.5. The fourth-order valence-electron chi connectivity index (χ4n) is 4.63. The van der Waals surface area contributed by atoms with Gasteiger partial charge in [0.1, 0.15) is 5.75 Å². The lowest BCUT2D eigenvalue weighted by Crippen LogP contribution is -2.40. The molecule has 0 spiro atoms. The summed E-state index contributed by atoms with van der Waals surface area (Å²) in [4.78, 5) is 23.5. The maximum atomic E-state index is 13.4. The Morgan fingerprint density at radius 2 is 1.40 bits per heavy atom. The molecule has 0 aromatic heterocycles. The van der Waals surface area contributed by atoms with Crippen molar-refractivity contribution in [3.63, 3.8) is 0 Å². The van der Waals surface area contributed by atoms with Crippen LogP contribution in [0.5, 0.6) is 5.75 Å². The lowest BCUT2D eigenvalue weighted by atomic mass is 9.87. The number of carboxylic acids is 1. The zero-order valence-electron chi connectivity index (χ0n) is 27.2. The number of hydrogen-bond donors (Lipinski definition) is 2. The summed E-state index contributed by atoms with van der Waals surface area (Å²) in [6.45, 7) is 12.7. The fourth-order valence-corrected chi connectivity index (χ4v) is 7.76. The molecule has 0 saturated heterocycles. The summed E-state index contributed by atoms with van der Waals surface area (Å²) in [5.74, 6) is -0.431. The fraction of sp³-hybridized carbons (Fsp3) is 0.788. The zero-order valence-corrected chi connectivity index (χ0v) is 28.9. The summed E-state index contributed by atoms with van der Waals surface area (Å²) in [7, 11) is -4.65. The minimum Gasteiger partial charge on any atom is -0.490 e. The van der Waals surface area contributed by atoms with Crippen LogP contribution in [0.15, 0.2) is 24.3 Å². The Kier molecular flexibility index (Phi) is 19.3. The molecular weight excluding hydrogens is 571 g/mol. The van der Waals surface area contributed by atoms with Crippen LogP contribution in [-0.4, -0.2) is 45.7 Å². The van der Waals surface area contributed by atoms with E-state index in [4.69, 9.17) is 14.0 Å². The summed E-state index contributed by atoms with van der Waals surface area (Å²) in [5, 5.41) is 10.3. The average molecular weight is 631 g/mol.